The van der Waals surface area contributed by atoms with E-state index in [9.17, 15) is 0 Å². The van der Waals surface area contributed by atoms with Crippen molar-refractivity contribution in [3.8, 4) is 0 Å². The summed E-state index contributed by atoms with van der Waals surface area (Å²) < 4.78 is 7.93. The SMILES string of the molecule is CC(C)CCn1cccc1C1=NC(C)(C)CO1. The summed E-state index contributed by atoms with van der Waals surface area (Å²) in [7, 11) is 0. The monoisotopic (exact) mass is 234 g/mol. The minimum absolute atomic E-state index is 0.0809. The van der Waals surface area contributed by atoms with Crippen molar-refractivity contribution in [1.82, 2.24) is 4.57 Å². The Kier molecular flexibility index (Phi) is 3.27. The molecule has 1 aliphatic heterocycles. The molecule has 0 saturated carbocycles. The van der Waals surface area contributed by atoms with E-state index in [4.69, 9.17) is 4.74 Å². The van der Waals surface area contributed by atoms with Crippen molar-refractivity contribution in [1.29, 1.82) is 0 Å². The quantitative estimate of drug-likeness (QED) is 0.786. The maximum absolute atomic E-state index is 5.69. The molecule has 3 nitrogen and oxygen atoms in total. The summed E-state index contributed by atoms with van der Waals surface area (Å²) in [6, 6.07) is 4.15. The Morgan fingerprint density at radius 1 is 1.47 bits per heavy atom. The number of aliphatic imine (C=N–C) groups is 1. The Morgan fingerprint density at radius 2 is 2.24 bits per heavy atom. The zero-order chi connectivity index (χ0) is 12.5. The van der Waals surface area contributed by atoms with Gasteiger partial charge in [-0.3, -0.25) is 0 Å². The Hall–Kier alpha value is -1.25. The highest BCUT2D eigenvalue weighted by Gasteiger charge is 2.28. The molecule has 1 aliphatic rings. The molecule has 3 heteroatoms. The van der Waals surface area contributed by atoms with Crippen molar-refractivity contribution in [2.75, 3.05) is 6.61 Å². The van der Waals surface area contributed by atoms with Crippen LogP contribution < -0.4 is 0 Å². The molecule has 0 fully saturated rings. The van der Waals surface area contributed by atoms with E-state index in [0.717, 1.165) is 18.1 Å². The van der Waals surface area contributed by atoms with Crippen LogP contribution in [0.4, 0.5) is 0 Å². The summed E-state index contributed by atoms with van der Waals surface area (Å²) in [5.41, 5.74) is 1.03. The molecule has 2 rings (SSSR count). The maximum atomic E-state index is 5.69. The molecule has 94 valence electrons. The van der Waals surface area contributed by atoms with Crippen LogP contribution in [0.2, 0.25) is 0 Å². The maximum Gasteiger partial charge on any atom is 0.234 e. The molecule has 1 aromatic rings. The second kappa shape index (κ2) is 4.55. The average Bonchev–Trinajstić information content (AvgIpc) is 2.80. The Balaban J connectivity index is 2.14. The van der Waals surface area contributed by atoms with Crippen LogP contribution in [0.3, 0.4) is 0 Å². The van der Waals surface area contributed by atoms with Gasteiger partial charge < -0.3 is 9.30 Å². The molecule has 1 aromatic heterocycles. The lowest BCUT2D eigenvalue weighted by molar-refractivity contribution is 0.278. The topological polar surface area (TPSA) is 26.5 Å². The summed E-state index contributed by atoms with van der Waals surface area (Å²) in [6.45, 7) is 10.4. The van der Waals surface area contributed by atoms with Crippen LogP contribution in [-0.4, -0.2) is 22.6 Å². The highest BCUT2D eigenvalue weighted by Crippen LogP contribution is 2.21. The average molecular weight is 234 g/mol. The largest absolute Gasteiger partial charge is 0.474 e. The zero-order valence-electron chi connectivity index (χ0n) is 11.2. The van der Waals surface area contributed by atoms with E-state index >= 15 is 0 Å². The van der Waals surface area contributed by atoms with Gasteiger partial charge in [-0.1, -0.05) is 13.8 Å². The third-order valence-electron chi connectivity index (χ3n) is 2.96. The van der Waals surface area contributed by atoms with Crippen molar-refractivity contribution in [3.63, 3.8) is 0 Å². The van der Waals surface area contributed by atoms with Crippen molar-refractivity contribution < 1.29 is 4.74 Å². The molecule has 0 bridgehead atoms. The fraction of sp³-hybridized carbons (Fsp3) is 0.643. The van der Waals surface area contributed by atoms with Crippen molar-refractivity contribution in [2.24, 2.45) is 10.9 Å². The molecule has 0 aliphatic carbocycles. The molecule has 0 atom stereocenters. The van der Waals surface area contributed by atoms with Crippen molar-refractivity contribution in [3.05, 3.63) is 24.0 Å². The van der Waals surface area contributed by atoms with Gasteiger partial charge in [-0.2, -0.15) is 0 Å². The van der Waals surface area contributed by atoms with Gasteiger partial charge >= 0.3 is 0 Å². The van der Waals surface area contributed by atoms with Crippen LogP contribution in [-0.2, 0) is 11.3 Å². The van der Waals surface area contributed by atoms with Gasteiger partial charge in [0.15, 0.2) is 0 Å². The van der Waals surface area contributed by atoms with Crippen LogP contribution in [0.15, 0.2) is 23.3 Å². The predicted octanol–water partition coefficient (Wildman–Crippen LogP) is 3.09. The first kappa shape index (κ1) is 12.2. The first-order chi connectivity index (χ1) is 7.98. The lowest BCUT2D eigenvalue weighted by Crippen LogP contribution is -2.17. The van der Waals surface area contributed by atoms with Gasteiger partial charge in [0, 0.05) is 12.7 Å². The molecule has 0 N–H and O–H groups in total. The van der Waals surface area contributed by atoms with Crippen molar-refractivity contribution >= 4 is 5.90 Å². The fourth-order valence-corrected chi connectivity index (χ4v) is 1.92. The van der Waals surface area contributed by atoms with E-state index in [1.165, 1.54) is 6.42 Å². The van der Waals surface area contributed by atoms with Gasteiger partial charge in [0.1, 0.15) is 12.3 Å². The number of nitrogens with zero attached hydrogens (tertiary/aromatic N) is 2. The van der Waals surface area contributed by atoms with Gasteiger partial charge in [-0.05, 0) is 38.3 Å². The molecule has 0 aromatic carbocycles. The van der Waals surface area contributed by atoms with Gasteiger partial charge in [0.2, 0.25) is 5.90 Å². The molecule has 0 unspecified atom stereocenters. The third kappa shape index (κ3) is 2.90. The van der Waals surface area contributed by atoms with Crippen LogP contribution in [0.25, 0.3) is 0 Å². The van der Waals surface area contributed by atoms with Crippen LogP contribution >= 0.6 is 0 Å². The predicted molar refractivity (Wildman–Crippen MR) is 70.5 cm³/mol. The van der Waals surface area contributed by atoms with Gasteiger partial charge in [-0.25, -0.2) is 4.99 Å². The van der Waals surface area contributed by atoms with Crippen LogP contribution in [0, 0.1) is 5.92 Å². The summed E-state index contributed by atoms with van der Waals surface area (Å²) in [6.07, 6.45) is 3.28. The number of aromatic nitrogens is 1. The number of ether oxygens (including phenoxy) is 1. The van der Waals surface area contributed by atoms with E-state index in [0.29, 0.717) is 12.5 Å². The standard InChI is InChI=1S/C14H22N2O/c1-11(2)7-9-16-8-5-6-12(16)13-15-14(3,4)10-17-13/h5-6,8,11H,7,9-10H2,1-4H3. The minimum Gasteiger partial charge on any atom is -0.474 e. The molecular weight excluding hydrogens is 212 g/mol. The van der Waals surface area contributed by atoms with E-state index < -0.39 is 0 Å². The Bertz CT molecular complexity index is 416. The van der Waals surface area contributed by atoms with Gasteiger partial charge in [-0.15, -0.1) is 0 Å². The highest BCUT2D eigenvalue weighted by molar-refractivity contribution is 5.94. The number of rotatable bonds is 4. The van der Waals surface area contributed by atoms with Crippen LogP contribution in [0.1, 0.15) is 39.8 Å². The lowest BCUT2D eigenvalue weighted by Gasteiger charge is -2.10. The highest BCUT2D eigenvalue weighted by atomic mass is 16.5. The molecule has 0 spiro atoms. The Morgan fingerprint density at radius 3 is 2.82 bits per heavy atom. The molecule has 0 radical (unpaired) electrons. The van der Waals surface area contributed by atoms with E-state index in [1.54, 1.807) is 0 Å². The van der Waals surface area contributed by atoms with Crippen LogP contribution in [0.5, 0.6) is 0 Å². The summed E-state index contributed by atoms with van der Waals surface area (Å²) in [5, 5.41) is 0. The Labute approximate surface area is 104 Å². The normalized spacial score (nSPS) is 18.3. The van der Waals surface area contributed by atoms with Gasteiger partial charge in [0.25, 0.3) is 0 Å². The number of hydrogen-bond acceptors (Lipinski definition) is 2. The number of aryl methyl sites for hydroxylation is 1. The second-order valence-electron chi connectivity index (χ2n) is 5.79. The van der Waals surface area contributed by atoms with E-state index in [2.05, 4.69) is 55.6 Å². The summed E-state index contributed by atoms with van der Waals surface area (Å²) in [5.74, 6) is 1.51. The third-order valence-corrected chi connectivity index (χ3v) is 2.96. The lowest BCUT2D eigenvalue weighted by atomic mass is 10.1. The minimum atomic E-state index is -0.0809. The first-order valence-electron chi connectivity index (χ1n) is 6.36. The number of hydrogen-bond donors (Lipinski definition) is 0. The second-order valence-corrected chi connectivity index (χ2v) is 5.79. The molecule has 0 amide bonds. The summed E-state index contributed by atoms with van der Waals surface area (Å²) >= 11 is 0. The zero-order valence-corrected chi connectivity index (χ0v) is 11.2. The summed E-state index contributed by atoms with van der Waals surface area (Å²) in [4.78, 5) is 4.62. The fourth-order valence-electron chi connectivity index (χ4n) is 1.92. The molecule has 17 heavy (non-hydrogen) atoms. The van der Waals surface area contributed by atoms with E-state index in [-0.39, 0.29) is 5.54 Å². The smallest absolute Gasteiger partial charge is 0.234 e. The van der Waals surface area contributed by atoms with E-state index in [1.807, 2.05) is 0 Å². The van der Waals surface area contributed by atoms with Gasteiger partial charge in [0.05, 0.1) is 5.54 Å². The first-order valence-corrected chi connectivity index (χ1v) is 6.36. The molecular formula is C14H22N2O. The molecule has 0 saturated heterocycles. The van der Waals surface area contributed by atoms with Crippen molar-refractivity contribution in [2.45, 2.75) is 46.2 Å². The molecule has 2 heterocycles.